The van der Waals surface area contributed by atoms with Crippen LogP contribution in [0.2, 0.25) is 0 Å². The average Bonchev–Trinajstić information content (AvgIpc) is 2.96. The van der Waals surface area contributed by atoms with Crippen LogP contribution in [0.25, 0.3) is 0 Å². The predicted molar refractivity (Wildman–Crippen MR) is 79.6 cm³/mol. The first-order valence-electron chi connectivity index (χ1n) is 7.13. The van der Waals surface area contributed by atoms with Crippen molar-refractivity contribution in [2.45, 2.75) is 25.0 Å². The molecule has 0 bridgehead atoms. The van der Waals surface area contributed by atoms with Gasteiger partial charge in [-0.3, -0.25) is 19.8 Å². The lowest BCUT2D eigenvalue weighted by atomic mass is 10.1. The van der Waals surface area contributed by atoms with Crippen molar-refractivity contribution in [3.63, 3.8) is 0 Å². The Kier molecular flexibility index (Phi) is 5.46. The van der Waals surface area contributed by atoms with Crippen LogP contribution in [0.15, 0.2) is 24.3 Å². The van der Waals surface area contributed by atoms with Gasteiger partial charge in [-0.05, 0) is 12.0 Å². The summed E-state index contributed by atoms with van der Waals surface area (Å²) in [6, 6.07) is 6.20. The van der Waals surface area contributed by atoms with E-state index >= 15 is 0 Å². The summed E-state index contributed by atoms with van der Waals surface area (Å²) in [5.41, 5.74) is 1.08. The highest BCUT2D eigenvalue weighted by atomic mass is 16.6. The van der Waals surface area contributed by atoms with E-state index in [1.54, 1.807) is 19.2 Å². The summed E-state index contributed by atoms with van der Waals surface area (Å²) in [5, 5.41) is 10.6. The number of esters is 1. The maximum absolute atomic E-state index is 11.8. The topological polar surface area (TPSA) is 81.9 Å². The van der Waals surface area contributed by atoms with E-state index in [1.807, 2.05) is 4.90 Å². The maximum Gasteiger partial charge on any atom is 0.323 e. The van der Waals surface area contributed by atoms with Gasteiger partial charge in [0.05, 0.1) is 18.1 Å². The number of hydrogen-bond acceptors (Lipinski definition) is 6. The Morgan fingerprint density at radius 1 is 1.36 bits per heavy atom. The van der Waals surface area contributed by atoms with Gasteiger partial charge in [0.2, 0.25) is 0 Å². The Balaban J connectivity index is 1.96. The van der Waals surface area contributed by atoms with Gasteiger partial charge in [-0.25, -0.2) is 0 Å². The summed E-state index contributed by atoms with van der Waals surface area (Å²) in [6.45, 7) is 1.36. The Labute approximate surface area is 129 Å². The number of non-ortho nitro benzene ring substituents is 1. The van der Waals surface area contributed by atoms with Crippen molar-refractivity contribution in [3.8, 4) is 0 Å². The highest BCUT2D eigenvalue weighted by Gasteiger charge is 2.37. The standard InChI is InChI=1S/C15H20N2O5/c1-21-13-9-14(15(18)22-2)16(10-13)8-7-11-3-5-12(6-4-11)17(19)20/h3-6,13-14H,7-10H2,1-2H3/t13-,14+/m1/s1. The minimum absolute atomic E-state index is 0.0287. The number of likely N-dealkylation sites (tertiary alicyclic amines) is 1. The molecule has 0 saturated carbocycles. The van der Waals surface area contributed by atoms with Crippen LogP contribution in [0, 0.1) is 10.1 Å². The smallest absolute Gasteiger partial charge is 0.323 e. The zero-order valence-corrected chi connectivity index (χ0v) is 12.7. The number of nitro benzene ring substituents is 1. The van der Waals surface area contributed by atoms with Crippen LogP contribution >= 0.6 is 0 Å². The Morgan fingerprint density at radius 3 is 2.59 bits per heavy atom. The number of carbonyl (C=O) groups excluding carboxylic acids is 1. The Morgan fingerprint density at radius 2 is 2.05 bits per heavy atom. The fourth-order valence-electron chi connectivity index (χ4n) is 2.72. The van der Waals surface area contributed by atoms with Crippen molar-refractivity contribution >= 4 is 11.7 Å². The van der Waals surface area contributed by atoms with Gasteiger partial charge in [0, 0.05) is 38.8 Å². The summed E-state index contributed by atoms with van der Waals surface area (Å²) >= 11 is 0. The van der Waals surface area contributed by atoms with Crippen LogP contribution in [0.5, 0.6) is 0 Å². The predicted octanol–water partition coefficient (Wildman–Crippen LogP) is 1.40. The van der Waals surface area contributed by atoms with E-state index in [0.717, 1.165) is 5.56 Å². The second-order valence-electron chi connectivity index (χ2n) is 5.30. The Hall–Kier alpha value is -1.99. The molecule has 1 fully saturated rings. The largest absolute Gasteiger partial charge is 0.468 e. The number of methoxy groups -OCH3 is 2. The molecule has 120 valence electrons. The molecule has 7 nitrogen and oxygen atoms in total. The van der Waals surface area contributed by atoms with Crippen LogP contribution in [0.4, 0.5) is 5.69 Å². The molecule has 1 aliphatic rings. The van der Waals surface area contributed by atoms with E-state index < -0.39 is 4.92 Å². The first-order chi connectivity index (χ1) is 10.5. The molecule has 2 atom stereocenters. The third-order valence-electron chi connectivity index (χ3n) is 4.01. The minimum Gasteiger partial charge on any atom is -0.468 e. The second kappa shape index (κ2) is 7.33. The number of carbonyl (C=O) groups is 1. The summed E-state index contributed by atoms with van der Waals surface area (Å²) in [4.78, 5) is 24.1. The molecule has 2 rings (SSSR count). The number of rotatable bonds is 6. The second-order valence-corrected chi connectivity index (χ2v) is 5.30. The van der Waals surface area contributed by atoms with Crippen molar-refractivity contribution in [1.29, 1.82) is 0 Å². The molecule has 22 heavy (non-hydrogen) atoms. The first-order valence-corrected chi connectivity index (χ1v) is 7.13. The average molecular weight is 308 g/mol. The van der Waals surface area contributed by atoms with Crippen LogP contribution < -0.4 is 0 Å². The van der Waals surface area contributed by atoms with Gasteiger partial charge in [-0.2, -0.15) is 0 Å². The molecular weight excluding hydrogens is 288 g/mol. The van der Waals surface area contributed by atoms with Crippen LogP contribution in [0.3, 0.4) is 0 Å². The molecule has 0 amide bonds. The Bertz CT molecular complexity index is 531. The van der Waals surface area contributed by atoms with E-state index in [0.29, 0.717) is 25.9 Å². The highest BCUT2D eigenvalue weighted by Crippen LogP contribution is 2.22. The molecular formula is C15H20N2O5. The zero-order chi connectivity index (χ0) is 16.1. The third kappa shape index (κ3) is 3.80. The van der Waals surface area contributed by atoms with E-state index in [9.17, 15) is 14.9 Å². The van der Waals surface area contributed by atoms with Gasteiger partial charge in [0.25, 0.3) is 5.69 Å². The van der Waals surface area contributed by atoms with Crippen molar-refractivity contribution < 1.29 is 19.2 Å². The monoisotopic (exact) mass is 308 g/mol. The molecule has 7 heteroatoms. The minimum atomic E-state index is -0.416. The molecule has 1 heterocycles. The SMILES string of the molecule is COC(=O)[C@@H]1C[C@@H](OC)CN1CCc1ccc([N+](=O)[O-])cc1. The molecule has 0 aromatic heterocycles. The molecule has 0 spiro atoms. The molecule has 1 aliphatic heterocycles. The van der Waals surface area contributed by atoms with E-state index in [-0.39, 0.29) is 23.8 Å². The fraction of sp³-hybridized carbons (Fsp3) is 0.533. The first kappa shape index (κ1) is 16.4. The molecule has 1 aromatic rings. The molecule has 0 unspecified atom stereocenters. The quantitative estimate of drug-likeness (QED) is 0.449. The number of nitrogens with zero attached hydrogens (tertiary/aromatic N) is 2. The van der Waals surface area contributed by atoms with Crippen LogP contribution in [-0.2, 0) is 20.7 Å². The molecule has 0 N–H and O–H groups in total. The van der Waals surface area contributed by atoms with Crippen molar-refractivity contribution in [2.75, 3.05) is 27.3 Å². The molecule has 0 aliphatic carbocycles. The highest BCUT2D eigenvalue weighted by molar-refractivity contribution is 5.76. The third-order valence-corrected chi connectivity index (χ3v) is 4.01. The van der Waals surface area contributed by atoms with Crippen molar-refractivity contribution in [3.05, 3.63) is 39.9 Å². The summed E-state index contributed by atoms with van der Waals surface area (Å²) in [5.74, 6) is -0.247. The van der Waals surface area contributed by atoms with E-state index in [4.69, 9.17) is 9.47 Å². The number of ether oxygens (including phenoxy) is 2. The van der Waals surface area contributed by atoms with E-state index in [1.165, 1.54) is 19.2 Å². The van der Waals surface area contributed by atoms with Crippen molar-refractivity contribution in [2.24, 2.45) is 0 Å². The lowest BCUT2D eigenvalue weighted by molar-refractivity contribution is -0.384. The normalized spacial score (nSPS) is 21.7. The van der Waals surface area contributed by atoms with Crippen LogP contribution in [-0.4, -0.2) is 55.2 Å². The summed E-state index contributed by atoms with van der Waals surface area (Å²) in [6.07, 6.45) is 1.37. The summed E-state index contributed by atoms with van der Waals surface area (Å²) in [7, 11) is 3.02. The zero-order valence-electron chi connectivity index (χ0n) is 12.7. The van der Waals surface area contributed by atoms with Gasteiger partial charge in [-0.1, -0.05) is 12.1 Å². The molecule has 1 aromatic carbocycles. The van der Waals surface area contributed by atoms with E-state index in [2.05, 4.69) is 0 Å². The number of hydrogen-bond donors (Lipinski definition) is 0. The molecule has 0 radical (unpaired) electrons. The van der Waals surface area contributed by atoms with Crippen LogP contribution in [0.1, 0.15) is 12.0 Å². The fourth-order valence-corrected chi connectivity index (χ4v) is 2.72. The summed E-state index contributed by atoms with van der Waals surface area (Å²) < 4.78 is 10.2. The van der Waals surface area contributed by atoms with Gasteiger partial charge in [-0.15, -0.1) is 0 Å². The van der Waals surface area contributed by atoms with Gasteiger partial charge in [0.15, 0.2) is 0 Å². The molecule has 1 saturated heterocycles. The van der Waals surface area contributed by atoms with Gasteiger partial charge < -0.3 is 9.47 Å². The lowest BCUT2D eigenvalue weighted by Crippen LogP contribution is -2.38. The number of benzene rings is 1. The maximum atomic E-state index is 11.8. The van der Waals surface area contributed by atoms with Crippen molar-refractivity contribution in [1.82, 2.24) is 4.90 Å². The lowest BCUT2D eigenvalue weighted by Gasteiger charge is -2.21. The number of nitro groups is 1. The van der Waals surface area contributed by atoms with Gasteiger partial charge in [0.1, 0.15) is 6.04 Å². The van der Waals surface area contributed by atoms with Gasteiger partial charge >= 0.3 is 5.97 Å².